The first kappa shape index (κ1) is 20.7. The van der Waals surface area contributed by atoms with Crippen molar-refractivity contribution in [2.75, 3.05) is 0 Å². The Hall–Kier alpha value is -3.07. The van der Waals surface area contributed by atoms with Gasteiger partial charge in [0.2, 0.25) is 0 Å². The van der Waals surface area contributed by atoms with Gasteiger partial charge in [-0.2, -0.15) is 0 Å². The van der Waals surface area contributed by atoms with E-state index in [4.69, 9.17) is 11.6 Å². The molecule has 0 aliphatic rings. The fraction of sp³-hybridized carbons (Fsp3) is 0.130. The second kappa shape index (κ2) is 8.52. The number of halogens is 1. The topological polar surface area (TPSA) is 44.0 Å². The smallest absolute Gasteiger partial charge is 0.295 e. The Morgan fingerprint density at radius 3 is 2.72 bits per heavy atom. The van der Waals surface area contributed by atoms with Crippen LogP contribution in [0.4, 0.5) is 0 Å². The van der Waals surface area contributed by atoms with Gasteiger partial charge >= 0.3 is 5.69 Å². The van der Waals surface area contributed by atoms with E-state index in [2.05, 4.69) is 18.4 Å². The molecule has 0 aliphatic carbocycles. The minimum atomic E-state index is -0.437. The SMILES string of the molecule is C=C/C(C#Cc1ccc(-n2c(=O)c3scc(C)c3n(C)c2=O)c(Cl)c1)=C\C=C/C. The number of allylic oxidation sites excluding steroid dienone is 5. The van der Waals surface area contributed by atoms with Crippen molar-refractivity contribution in [2.24, 2.45) is 7.05 Å². The Morgan fingerprint density at radius 2 is 2.07 bits per heavy atom. The van der Waals surface area contributed by atoms with Crippen LogP contribution in [-0.2, 0) is 7.05 Å². The average molecular weight is 423 g/mol. The second-order valence-corrected chi connectivity index (χ2v) is 7.63. The van der Waals surface area contributed by atoms with Crippen molar-refractivity contribution in [2.45, 2.75) is 13.8 Å². The van der Waals surface area contributed by atoms with Gasteiger partial charge in [0, 0.05) is 18.2 Å². The summed E-state index contributed by atoms with van der Waals surface area (Å²) in [4.78, 5) is 25.8. The number of rotatable bonds is 3. The highest BCUT2D eigenvalue weighted by Gasteiger charge is 2.17. The molecular formula is C23H19ClN2O2S. The number of aryl methyl sites for hydroxylation is 2. The number of fused-ring (bicyclic) bond motifs is 1. The first-order valence-electron chi connectivity index (χ1n) is 8.86. The van der Waals surface area contributed by atoms with Crippen molar-refractivity contribution in [1.82, 2.24) is 9.13 Å². The van der Waals surface area contributed by atoms with E-state index in [-0.39, 0.29) is 10.6 Å². The molecule has 0 unspecified atom stereocenters. The number of nitrogens with zero attached hydrogens (tertiary/aromatic N) is 2. The third-order valence-corrected chi connectivity index (χ3v) is 5.76. The lowest BCUT2D eigenvalue weighted by atomic mass is 10.1. The molecule has 0 atom stereocenters. The van der Waals surface area contributed by atoms with Gasteiger partial charge in [-0.25, -0.2) is 9.36 Å². The van der Waals surface area contributed by atoms with Crippen LogP contribution in [0, 0.1) is 18.8 Å². The predicted molar refractivity (Wildman–Crippen MR) is 122 cm³/mol. The Morgan fingerprint density at radius 1 is 1.31 bits per heavy atom. The van der Waals surface area contributed by atoms with E-state index in [1.165, 1.54) is 15.9 Å². The van der Waals surface area contributed by atoms with Crippen molar-refractivity contribution >= 4 is 33.2 Å². The highest BCUT2D eigenvalue weighted by Crippen LogP contribution is 2.23. The molecule has 146 valence electrons. The Bertz CT molecular complexity index is 1360. The van der Waals surface area contributed by atoms with Gasteiger partial charge in [-0.3, -0.25) is 9.36 Å². The molecule has 0 aliphatic heterocycles. The number of benzene rings is 1. The summed E-state index contributed by atoms with van der Waals surface area (Å²) in [5, 5.41) is 2.15. The summed E-state index contributed by atoms with van der Waals surface area (Å²) >= 11 is 7.75. The fourth-order valence-corrected chi connectivity index (χ4v) is 4.20. The summed E-state index contributed by atoms with van der Waals surface area (Å²) < 4.78 is 3.11. The van der Waals surface area contributed by atoms with Crippen LogP contribution in [0.15, 0.2) is 69.6 Å². The molecule has 0 spiro atoms. The maximum Gasteiger partial charge on any atom is 0.335 e. The summed E-state index contributed by atoms with van der Waals surface area (Å²) in [6, 6.07) is 5.03. The van der Waals surface area contributed by atoms with Crippen LogP contribution >= 0.6 is 22.9 Å². The molecule has 0 bridgehead atoms. The van der Waals surface area contributed by atoms with Gasteiger partial charge in [0.05, 0.1) is 16.2 Å². The lowest BCUT2D eigenvalue weighted by Crippen LogP contribution is -2.37. The van der Waals surface area contributed by atoms with Gasteiger partial charge < -0.3 is 0 Å². The van der Waals surface area contributed by atoms with Gasteiger partial charge in [0.15, 0.2) is 0 Å². The standard InChI is InChI=1S/C23H19ClN2O2S/c1-5-7-8-16(6-2)9-10-17-11-12-19(18(24)13-17)26-22(27)21-20(15(3)14-29-21)25(4)23(26)28/h5-8,11-14H,2H2,1,3-4H3/b7-5-,16-8+. The number of hydrogen-bond acceptors (Lipinski definition) is 3. The Balaban J connectivity index is 2.13. The molecule has 4 nitrogen and oxygen atoms in total. The molecule has 2 heterocycles. The van der Waals surface area contributed by atoms with Crippen molar-refractivity contribution < 1.29 is 0 Å². The largest absolute Gasteiger partial charge is 0.335 e. The van der Waals surface area contributed by atoms with E-state index < -0.39 is 5.69 Å². The van der Waals surface area contributed by atoms with Crippen LogP contribution in [0.25, 0.3) is 15.9 Å². The Labute approximate surface area is 177 Å². The maximum atomic E-state index is 13.0. The molecule has 2 aromatic heterocycles. The van der Waals surface area contributed by atoms with Gasteiger partial charge in [0.25, 0.3) is 5.56 Å². The molecule has 0 N–H and O–H groups in total. The average Bonchev–Trinajstić information content (AvgIpc) is 3.10. The van der Waals surface area contributed by atoms with Gasteiger partial charge in [-0.1, -0.05) is 48.2 Å². The van der Waals surface area contributed by atoms with Crippen LogP contribution in [0.3, 0.4) is 0 Å². The van der Waals surface area contributed by atoms with Gasteiger partial charge in [-0.05, 0) is 49.1 Å². The van der Waals surface area contributed by atoms with E-state index >= 15 is 0 Å². The summed E-state index contributed by atoms with van der Waals surface area (Å²) in [6.45, 7) is 7.55. The summed E-state index contributed by atoms with van der Waals surface area (Å²) in [5.41, 5.74) is 2.53. The van der Waals surface area contributed by atoms with E-state index in [9.17, 15) is 9.59 Å². The zero-order valence-corrected chi connectivity index (χ0v) is 17.9. The minimum Gasteiger partial charge on any atom is -0.295 e. The van der Waals surface area contributed by atoms with Gasteiger partial charge in [-0.15, -0.1) is 11.3 Å². The molecule has 0 radical (unpaired) electrons. The zero-order chi connectivity index (χ0) is 21.1. The highest BCUT2D eigenvalue weighted by atomic mass is 35.5. The third kappa shape index (κ3) is 3.91. The van der Waals surface area contributed by atoms with Crippen LogP contribution in [0.2, 0.25) is 5.02 Å². The normalized spacial score (nSPS) is 11.7. The number of aromatic nitrogens is 2. The molecule has 0 fully saturated rings. The molecule has 0 amide bonds. The molecule has 3 rings (SSSR count). The third-order valence-electron chi connectivity index (χ3n) is 4.38. The lowest BCUT2D eigenvalue weighted by Gasteiger charge is -2.11. The Kier molecular flexibility index (Phi) is 6.07. The number of thiophene rings is 1. The zero-order valence-electron chi connectivity index (χ0n) is 16.3. The summed E-state index contributed by atoms with van der Waals surface area (Å²) in [5.74, 6) is 6.04. The van der Waals surface area contributed by atoms with E-state index in [1.54, 1.807) is 31.3 Å². The first-order chi connectivity index (χ1) is 13.9. The monoisotopic (exact) mass is 422 g/mol. The lowest BCUT2D eigenvalue weighted by molar-refractivity contribution is 0.774. The first-order valence-corrected chi connectivity index (χ1v) is 10.1. The number of hydrogen-bond donors (Lipinski definition) is 0. The van der Waals surface area contributed by atoms with Crippen LogP contribution in [0.5, 0.6) is 0 Å². The van der Waals surface area contributed by atoms with E-state index in [1.807, 2.05) is 37.5 Å². The molecular weight excluding hydrogens is 404 g/mol. The molecule has 0 saturated heterocycles. The molecule has 3 aromatic rings. The maximum absolute atomic E-state index is 13.0. The molecule has 29 heavy (non-hydrogen) atoms. The van der Waals surface area contributed by atoms with Crippen LogP contribution in [0.1, 0.15) is 18.1 Å². The highest BCUT2D eigenvalue weighted by molar-refractivity contribution is 7.17. The van der Waals surface area contributed by atoms with E-state index in [0.29, 0.717) is 21.5 Å². The van der Waals surface area contributed by atoms with E-state index in [0.717, 1.165) is 15.7 Å². The minimum absolute atomic E-state index is 0.279. The predicted octanol–water partition coefficient (Wildman–Crippen LogP) is 4.75. The van der Waals surface area contributed by atoms with Crippen molar-refractivity contribution in [3.8, 4) is 17.5 Å². The second-order valence-electron chi connectivity index (χ2n) is 6.35. The van der Waals surface area contributed by atoms with Crippen LogP contribution in [-0.4, -0.2) is 9.13 Å². The molecule has 6 heteroatoms. The van der Waals surface area contributed by atoms with Crippen molar-refractivity contribution in [1.29, 1.82) is 0 Å². The van der Waals surface area contributed by atoms with Crippen LogP contribution < -0.4 is 11.2 Å². The molecule has 0 saturated carbocycles. The molecule has 1 aromatic carbocycles. The van der Waals surface area contributed by atoms with Gasteiger partial charge in [0.1, 0.15) is 4.70 Å². The summed E-state index contributed by atoms with van der Waals surface area (Å²) in [7, 11) is 1.65. The van der Waals surface area contributed by atoms with Crippen molar-refractivity contribution in [3.05, 3.63) is 97.0 Å². The fourth-order valence-electron chi connectivity index (χ4n) is 2.92. The van der Waals surface area contributed by atoms with Crippen molar-refractivity contribution in [3.63, 3.8) is 0 Å². The summed E-state index contributed by atoms with van der Waals surface area (Å²) in [6.07, 6.45) is 7.31. The quantitative estimate of drug-likeness (QED) is 0.451.